The molecule has 0 saturated carbocycles. The SMILES string of the molecule is C[C@@H](N[S+]([O-])C(C)(C)C)c1ccc(Br)c2ccccc12. The minimum atomic E-state index is -1.08. The van der Waals surface area contributed by atoms with Crippen LogP contribution in [0.2, 0.25) is 0 Å². The molecule has 2 atom stereocenters. The Labute approximate surface area is 132 Å². The molecule has 0 aliphatic heterocycles. The second-order valence-electron chi connectivity index (χ2n) is 5.90. The maximum absolute atomic E-state index is 12.2. The Morgan fingerprint density at radius 2 is 1.70 bits per heavy atom. The molecule has 0 aliphatic carbocycles. The van der Waals surface area contributed by atoms with E-state index >= 15 is 0 Å². The topological polar surface area (TPSA) is 35.1 Å². The van der Waals surface area contributed by atoms with Gasteiger partial charge in [-0.2, -0.15) is 0 Å². The average molecular weight is 354 g/mol. The molecule has 4 heteroatoms. The van der Waals surface area contributed by atoms with Crippen LogP contribution in [0.15, 0.2) is 40.9 Å². The van der Waals surface area contributed by atoms with E-state index in [2.05, 4.69) is 51.8 Å². The van der Waals surface area contributed by atoms with Gasteiger partial charge in [-0.05, 0) is 50.1 Å². The Morgan fingerprint density at radius 3 is 2.30 bits per heavy atom. The molecule has 0 aromatic heterocycles. The molecule has 0 amide bonds. The molecule has 2 aromatic carbocycles. The largest absolute Gasteiger partial charge is 0.598 e. The first-order valence-corrected chi connectivity index (χ1v) is 8.60. The maximum Gasteiger partial charge on any atom is 0.136 e. The van der Waals surface area contributed by atoms with Crippen molar-refractivity contribution in [2.45, 2.75) is 38.5 Å². The predicted molar refractivity (Wildman–Crippen MR) is 91.1 cm³/mol. The first kappa shape index (κ1) is 15.8. The molecule has 1 unspecified atom stereocenters. The van der Waals surface area contributed by atoms with Crippen LogP contribution in [-0.2, 0) is 11.4 Å². The molecular formula is C16H20BrNOS. The fourth-order valence-corrected chi connectivity index (χ4v) is 3.34. The van der Waals surface area contributed by atoms with Crippen LogP contribution < -0.4 is 4.72 Å². The zero-order chi connectivity index (χ0) is 14.9. The van der Waals surface area contributed by atoms with Crippen LogP contribution in [0.25, 0.3) is 10.8 Å². The molecule has 0 bridgehead atoms. The summed E-state index contributed by atoms with van der Waals surface area (Å²) in [7, 11) is 0. The predicted octanol–water partition coefficient (Wildman–Crippen LogP) is 4.72. The lowest BCUT2D eigenvalue weighted by molar-refractivity contribution is 0.532. The summed E-state index contributed by atoms with van der Waals surface area (Å²) in [5.74, 6) is 0. The second kappa shape index (κ2) is 6.06. The normalized spacial score (nSPS) is 15.3. The van der Waals surface area contributed by atoms with Gasteiger partial charge in [0.15, 0.2) is 0 Å². The first-order chi connectivity index (χ1) is 9.30. The van der Waals surface area contributed by atoms with Crippen molar-refractivity contribution in [2.24, 2.45) is 0 Å². The second-order valence-corrected chi connectivity index (χ2v) is 8.76. The van der Waals surface area contributed by atoms with Crippen molar-refractivity contribution in [3.05, 3.63) is 46.4 Å². The first-order valence-electron chi connectivity index (χ1n) is 6.66. The lowest BCUT2D eigenvalue weighted by Crippen LogP contribution is -2.40. The Balaban J connectivity index is 2.36. The summed E-state index contributed by atoms with van der Waals surface area (Å²) >= 11 is 2.50. The zero-order valence-corrected chi connectivity index (χ0v) is 14.6. The summed E-state index contributed by atoms with van der Waals surface area (Å²) in [5, 5.41) is 2.37. The fourth-order valence-electron chi connectivity index (χ4n) is 2.06. The van der Waals surface area contributed by atoms with Gasteiger partial charge >= 0.3 is 0 Å². The minimum absolute atomic E-state index is 0.0352. The van der Waals surface area contributed by atoms with E-state index in [1.807, 2.05) is 32.9 Å². The summed E-state index contributed by atoms with van der Waals surface area (Å²) in [6, 6.07) is 12.4. The van der Waals surface area contributed by atoms with Crippen molar-refractivity contribution in [1.82, 2.24) is 4.72 Å². The number of halogens is 1. The van der Waals surface area contributed by atoms with Crippen molar-refractivity contribution in [2.75, 3.05) is 0 Å². The van der Waals surface area contributed by atoms with E-state index in [9.17, 15) is 4.55 Å². The van der Waals surface area contributed by atoms with Crippen molar-refractivity contribution < 1.29 is 4.55 Å². The van der Waals surface area contributed by atoms with E-state index in [0.29, 0.717) is 0 Å². The van der Waals surface area contributed by atoms with Gasteiger partial charge in [-0.3, -0.25) is 0 Å². The molecule has 0 saturated heterocycles. The van der Waals surface area contributed by atoms with Crippen molar-refractivity contribution in [3.8, 4) is 0 Å². The van der Waals surface area contributed by atoms with Gasteiger partial charge in [0.2, 0.25) is 0 Å². The lowest BCUT2D eigenvalue weighted by atomic mass is 10.0. The van der Waals surface area contributed by atoms with Crippen molar-refractivity contribution in [1.29, 1.82) is 0 Å². The van der Waals surface area contributed by atoms with Crippen LogP contribution in [0.4, 0.5) is 0 Å². The molecule has 1 N–H and O–H groups in total. The summed E-state index contributed by atoms with van der Waals surface area (Å²) in [4.78, 5) is 0. The third-order valence-corrected chi connectivity index (χ3v) is 5.58. The molecule has 2 rings (SSSR count). The standard InChI is InChI=1S/C16H20BrNOS/c1-11(18-20(19)16(2,3)4)12-9-10-15(17)14-8-6-5-7-13(12)14/h5-11,18H,1-4H3/t11-,20?/m1/s1. The molecule has 2 nitrogen and oxygen atoms in total. The Kier molecular flexibility index (Phi) is 4.80. The highest BCUT2D eigenvalue weighted by molar-refractivity contribution is 9.10. The third kappa shape index (κ3) is 3.37. The number of hydrogen-bond donors (Lipinski definition) is 1. The Bertz CT molecular complexity index is 609. The molecule has 20 heavy (non-hydrogen) atoms. The van der Waals surface area contributed by atoms with Gasteiger partial charge < -0.3 is 4.55 Å². The van der Waals surface area contributed by atoms with Crippen molar-refractivity contribution >= 4 is 38.1 Å². The Morgan fingerprint density at radius 1 is 1.10 bits per heavy atom. The van der Waals surface area contributed by atoms with E-state index in [1.54, 1.807) is 0 Å². The third-order valence-electron chi connectivity index (χ3n) is 3.21. The number of nitrogens with one attached hydrogen (secondary N) is 1. The average Bonchev–Trinajstić information content (AvgIpc) is 2.38. The Hall–Kier alpha value is -0.550. The molecule has 2 aromatic rings. The molecule has 0 spiro atoms. The van der Waals surface area contributed by atoms with Gasteiger partial charge in [-0.1, -0.05) is 46.3 Å². The summed E-state index contributed by atoms with van der Waals surface area (Å²) in [6.45, 7) is 7.98. The van der Waals surface area contributed by atoms with Crippen LogP contribution in [0.1, 0.15) is 39.3 Å². The smallest absolute Gasteiger partial charge is 0.136 e. The number of benzene rings is 2. The molecule has 0 aliphatic rings. The molecular weight excluding hydrogens is 334 g/mol. The van der Waals surface area contributed by atoms with Gasteiger partial charge in [0.25, 0.3) is 0 Å². The van der Waals surface area contributed by atoms with E-state index in [0.717, 1.165) is 4.47 Å². The van der Waals surface area contributed by atoms with Gasteiger partial charge in [0.1, 0.15) is 4.75 Å². The van der Waals surface area contributed by atoms with E-state index < -0.39 is 11.4 Å². The van der Waals surface area contributed by atoms with E-state index in [1.165, 1.54) is 16.3 Å². The van der Waals surface area contributed by atoms with Gasteiger partial charge in [0.05, 0.1) is 6.04 Å². The highest BCUT2D eigenvalue weighted by atomic mass is 79.9. The monoisotopic (exact) mass is 353 g/mol. The minimum Gasteiger partial charge on any atom is -0.598 e. The number of hydrogen-bond acceptors (Lipinski definition) is 2. The highest BCUT2D eigenvalue weighted by Crippen LogP contribution is 2.31. The number of rotatable bonds is 3. The summed E-state index contributed by atoms with van der Waals surface area (Å²) in [5.41, 5.74) is 1.17. The van der Waals surface area contributed by atoms with E-state index in [4.69, 9.17) is 0 Å². The highest BCUT2D eigenvalue weighted by Gasteiger charge is 2.28. The van der Waals surface area contributed by atoms with Crippen LogP contribution in [0.5, 0.6) is 0 Å². The van der Waals surface area contributed by atoms with Gasteiger partial charge in [-0.15, -0.1) is 4.72 Å². The molecule has 108 valence electrons. The summed E-state index contributed by atoms with van der Waals surface area (Å²) in [6.07, 6.45) is 0. The fraction of sp³-hybridized carbons (Fsp3) is 0.375. The lowest BCUT2D eigenvalue weighted by Gasteiger charge is -2.27. The number of fused-ring (bicyclic) bond motifs is 1. The molecule has 0 heterocycles. The van der Waals surface area contributed by atoms with Crippen molar-refractivity contribution in [3.63, 3.8) is 0 Å². The zero-order valence-electron chi connectivity index (χ0n) is 12.2. The molecule has 0 fully saturated rings. The van der Waals surface area contributed by atoms with Gasteiger partial charge in [-0.25, -0.2) is 0 Å². The van der Waals surface area contributed by atoms with Crippen LogP contribution in [0, 0.1) is 0 Å². The maximum atomic E-state index is 12.2. The quantitative estimate of drug-likeness (QED) is 0.810. The van der Waals surface area contributed by atoms with E-state index in [-0.39, 0.29) is 10.8 Å². The van der Waals surface area contributed by atoms with Gasteiger partial charge in [0, 0.05) is 15.8 Å². The summed E-state index contributed by atoms with van der Waals surface area (Å²) < 4.78 is 16.3. The van der Waals surface area contributed by atoms with Crippen LogP contribution in [0.3, 0.4) is 0 Å². The van der Waals surface area contributed by atoms with Crippen LogP contribution >= 0.6 is 15.9 Å². The van der Waals surface area contributed by atoms with Crippen LogP contribution in [-0.4, -0.2) is 9.30 Å². The molecule has 0 radical (unpaired) electrons.